The minimum Gasteiger partial charge on any atom is -0.497 e. The van der Waals surface area contributed by atoms with E-state index in [2.05, 4.69) is 11.9 Å². The Labute approximate surface area is 189 Å². The van der Waals surface area contributed by atoms with Gasteiger partial charge in [-0.1, -0.05) is 55.7 Å². The molecular formula is C27H31NO4. The topological polar surface area (TPSA) is 60.7 Å². The first-order valence-electron chi connectivity index (χ1n) is 11.3. The molecule has 1 aromatic heterocycles. The van der Waals surface area contributed by atoms with Crippen molar-refractivity contribution in [1.82, 2.24) is 5.32 Å². The first-order chi connectivity index (χ1) is 15.7. The van der Waals surface area contributed by atoms with Gasteiger partial charge in [0.1, 0.15) is 11.3 Å². The van der Waals surface area contributed by atoms with Crippen LogP contribution < -0.4 is 10.1 Å². The molecule has 0 bridgehead atoms. The van der Waals surface area contributed by atoms with Crippen molar-refractivity contribution in [2.24, 2.45) is 0 Å². The normalized spacial score (nSPS) is 16.4. The van der Waals surface area contributed by atoms with Gasteiger partial charge in [-0.3, -0.25) is 4.79 Å². The van der Waals surface area contributed by atoms with Crippen LogP contribution in [0.1, 0.15) is 49.1 Å². The predicted octanol–water partition coefficient (Wildman–Crippen LogP) is 5.75. The molecule has 0 radical (unpaired) electrons. The standard InChI is InChI=1S/C27H31NO4/c1-3-24(32-20-12-8-5-9-13-20)26(27(29)28-17-19-10-6-4-7-11-19)23-18-31-25-16-21(30-2)14-15-22(23)25/h3-4,6-7,10-11,14-16,18,20,24,26H,1,5,8-9,12-13,17H2,2H3,(H,28,29)/t24-,26-/m1/s1. The zero-order valence-corrected chi connectivity index (χ0v) is 18.6. The molecule has 0 spiro atoms. The van der Waals surface area contributed by atoms with E-state index in [0.29, 0.717) is 17.9 Å². The largest absolute Gasteiger partial charge is 0.497 e. The molecule has 0 unspecified atom stereocenters. The molecule has 0 aliphatic heterocycles. The van der Waals surface area contributed by atoms with Crippen LogP contribution in [0.3, 0.4) is 0 Å². The van der Waals surface area contributed by atoms with Crippen LogP contribution >= 0.6 is 0 Å². The lowest BCUT2D eigenvalue weighted by Crippen LogP contribution is -2.38. The fourth-order valence-electron chi connectivity index (χ4n) is 4.45. The fraction of sp³-hybridized carbons (Fsp3) is 0.370. The summed E-state index contributed by atoms with van der Waals surface area (Å²) in [6.45, 7) is 4.46. The molecule has 5 nitrogen and oxygen atoms in total. The van der Waals surface area contributed by atoms with Crippen molar-refractivity contribution in [3.05, 3.63) is 78.6 Å². The number of nitrogens with one attached hydrogen (secondary N) is 1. The maximum absolute atomic E-state index is 13.5. The van der Waals surface area contributed by atoms with Crippen molar-refractivity contribution in [3.63, 3.8) is 0 Å². The van der Waals surface area contributed by atoms with E-state index in [-0.39, 0.29) is 12.0 Å². The number of fused-ring (bicyclic) bond motifs is 1. The number of amides is 1. The highest BCUT2D eigenvalue weighted by atomic mass is 16.5. The maximum Gasteiger partial charge on any atom is 0.230 e. The van der Waals surface area contributed by atoms with Gasteiger partial charge in [-0.05, 0) is 30.5 Å². The summed E-state index contributed by atoms with van der Waals surface area (Å²) in [5, 5.41) is 3.97. The number of hydrogen-bond acceptors (Lipinski definition) is 4. The van der Waals surface area contributed by atoms with Gasteiger partial charge in [0.05, 0.1) is 31.5 Å². The molecule has 0 saturated heterocycles. The van der Waals surface area contributed by atoms with Crippen LogP contribution in [-0.2, 0) is 16.1 Å². The lowest BCUT2D eigenvalue weighted by molar-refractivity contribution is -0.127. The molecule has 1 heterocycles. The van der Waals surface area contributed by atoms with Crippen LogP contribution in [0.15, 0.2) is 71.9 Å². The van der Waals surface area contributed by atoms with Gasteiger partial charge >= 0.3 is 0 Å². The lowest BCUT2D eigenvalue weighted by atomic mass is 9.90. The van der Waals surface area contributed by atoms with E-state index in [9.17, 15) is 4.79 Å². The van der Waals surface area contributed by atoms with Gasteiger partial charge in [0.25, 0.3) is 0 Å². The first kappa shape index (κ1) is 22.2. The van der Waals surface area contributed by atoms with E-state index in [1.165, 1.54) is 6.42 Å². The average Bonchev–Trinajstić information content (AvgIpc) is 3.26. The van der Waals surface area contributed by atoms with Crippen LogP contribution in [0, 0.1) is 0 Å². The Balaban J connectivity index is 1.63. The Morgan fingerprint density at radius 2 is 1.97 bits per heavy atom. The third-order valence-corrected chi connectivity index (χ3v) is 6.20. The number of benzene rings is 2. The third-order valence-electron chi connectivity index (χ3n) is 6.20. The molecule has 168 valence electrons. The molecule has 1 N–H and O–H groups in total. The Morgan fingerprint density at radius 3 is 2.69 bits per heavy atom. The minimum atomic E-state index is -0.562. The zero-order valence-electron chi connectivity index (χ0n) is 18.6. The summed E-state index contributed by atoms with van der Waals surface area (Å²) in [6, 6.07) is 15.5. The van der Waals surface area contributed by atoms with Crippen LogP contribution in [0.25, 0.3) is 11.0 Å². The Bertz CT molecular complexity index is 1040. The summed E-state index contributed by atoms with van der Waals surface area (Å²) in [6.07, 6.45) is 8.72. The zero-order chi connectivity index (χ0) is 22.3. The van der Waals surface area contributed by atoms with Gasteiger partial charge in [0.2, 0.25) is 5.91 Å². The smallest absolute Gasteiger partial charge is 0.230 e. The highest BCUT2D eigenvalue weighted by Crippen LogP contribution is 2.35. The molecule has 3 aromatic rings. The van der Waals surface area contributed by atoms with E-state index < -0.39 is 12.0 Å². The van der Waals surface area contributed by atoms with Crippen molar-refractivity contribution in [3.8, 4) is 5.75 Å². The van der Waals surface area contributed by atoms with Gasteiger partial charge < -0.3 is 19.2 Å². The summed E-state index contributed by atoms with van der Waals surface area (Å²) < 4.78 is 17.6. The predicted molar refractivity (Wildman–Crippen MR) is 126 cm³/mol. The lowest BCUT2D eigenvalue weighted by Gasteiger charge is -2.30. The number of ether oxygens (including phenoxy) is 2. The van der Waals surface area contributed by atoms with Crippen LogP contribution in [-0.4, -0.2) is 25.2 Å². The average molecular weight is 434 g/mol. The Morgan fingerprint density at radius 1 is 1.19 bits per heavy atom. The molecule has 2 atom stereocenters. The second kappa shape index (κ2) is 10.5. The van der Waals surface area contributed by atoms with Crippen LogP contribution in [0.5, 0.6) is 5.75 Å². The fourth-order valence-corrected chi connectivity index (χ4v) is 4.45. The quantitative estimate of drug-likeness (QED) is 0.437. The van der Waals surface area contributed by atoms with Gasteiger partial charge in [0.15, 0.2) is 0 Å². The Kier molecular flexibility index (Phi) is 7.28. The van der Waals surface area contributed by atoms with Gasteiger partial charge in [-0.2, -0.15) is 0 Å². The molecule has 32 heavy (non-hydrogen) atoms. The Hall–Kier alpha value is -3.05. The molecule has 1 fully saturated rings. The van der Waals surface area contributed by atoms with Gasteiger partial charge in [-0.25, -0.2) is 0 Å². The highest BCUT2D eigenvalue weighted by Gasteiger charge is 2.33. The second-order valence-electron chi connectivity index (χ2n) is 8.33. The number of hydrogen-bond donors (Lipinski definition) is 1. The highest BCUT2D eigenvalue weighted by molar-refractivity contribution is 5.92. The van der Waals surface area contributed by atoms with Crippen molar-refractivity contribution in [2.45, 2.75) is 56.8 Å². The molecule has 1 saturated carbocycles. The van der Waals surface area contributed by atoms with Gasteiger partial charge in [0, 0.05) is 23.6 Å². The van der Waals surface area contributed by atoms with E-state index in [0.717, 1.165) is 42.2 Å². The van der Waals surface area contributed by atoms with Crippen molar-refractivity contribution < 1.29 is 18.7 Å². The number of rotatable bonds is 9. The molecule has 1 amide bonds. The number of methoxy groups -OCH3 is 1. The minimum absolute atomic E-state index is 0.104. The van der Waals surface area contributed by atoms with E-state index in [1.807, 2.05) is 48.5 Å². The van der Waals surface area contributed by atoms with E-state index in [1.54, 1.807) is 19.4 Å². The van der Waals surface area contributed by atoms with Crippen molar-refractivity contribution >= 4 is 16.9 Å². The van der Waals surface area contributed by atoms with Gasteiger partial charge in [-0.15, -0.1) is 6.58 Å². The van der Waals surface area contributed by atoms with Crippen molar-refractivity contribution in [1.29, 1.82) is 0 Å². The first-order valence-corrected chi connectivity index (χ1v) is 11.3. The molecule has 1 aliphatic rings. The number of carbonyl (C=O) groups is 1. The van der Waals surface area contributed by atoms with Crippen molar-refractivity contribution in [2.75, 3.05) is 7.11 Å². The van der Waals surface area contributed by atoms with Crippen LogP contribution in [0.2, 0.25) is 0 Å². The molecule has 1 aliphatic carbocycles. The van der Waals surface area contributed by atoms with Crippen LogP contribution in [0.4, 0.5) is 0 Å². The summed E-state index contributed by atoms with van der Waals surface area (Å²) in [7, 11) is 1.62. The second-order valence-corrected chi connectivity index (χ2v) is 8.33. The summed E-state index contributed by atoms with van der Waals surface area (Å²) in [4.78, 5) is 13.5. The molecule has 2 aromatic carbocycles. The molecular weight excluding hydrogens is 402 g/mol. The molecule has 5 heteroatoms. The summed E-state index contributed by atoms with van der Waals surface area (Å²) in [5.41, 5.74) is 2.53. The maximum atomic E-state index is 13.5. The van der Waals surface area contributed by atoms with E-state index >= 15 is 0 Å². The monoisotopic (exact) mass is 433 g/mol. The summed E-state index contributed by atoms with van der Waals surface area (Å²) in [5.74, 6) is 0.0445. The number of carbonyl (C=O) groups excluding carboxylic acids is 1. The number of furan rings is 1. The summed E-state index contributed by atoms with van der Waals surface area (Å²) >= 11 is 0. The third kappa shape index (κ3) is 5.05. The SMILES string of the molecule is C=C[C@@H](OC1CCCCC1)[C@H](C(=O)NCc1ccccc1)c1coc2cc(OC)ccc12. The van der Waals surface area contributed by atoms with E-state index in [4.69, 9.17) is 13.9 Å². The molecule has 4 rings (SSSR count).